The van der Waals surface area contributed by atoms with Gasteiger partial charge in [-0.15, -0.1) is 0 Å². The average Bonchev–Trinajstić information content (AvgIpc) is 3.18. The van der Waals surface area contributed by atoms with Crippen molar-refractivity contribution in [2.75, 3.05) is 6.54 Å². The van der Waals surface area contributed by atoms with Crippen molar-refractivity contribution in [1.82, 2.24) is 9.88 Å². The van der Waals surface area contributed by atoms with Crippen molar-refractivity contribution in [3.05, 3.63) is 65.0 Å². The Morgan fingerprint density at radius 2 is 1.90 bits per heavy atom. The molecule has 154 valence electrons. The molecule has 1 fully saturated rings. The molecule has 1 N–H and O–H groups in total. The van der Waals surface area contributed by atoms with E-state index in [1.807, 2.05) is 36.9 Å². The summed E-state index contributed by atoms with van der Waals surface area (Å²) in [5.74, 6) is -0.463. The number of carbonyl (C=O) groups is 2. The monoisotopic (exact) mass is 394 g/mol. The van der Waals surface area contributed by atoms with Crippen LogP contribution in [0.2, 0.25) is 0 Å². The summed E-state index contributed by atoms with van der Waals surface area (Å²) in [5, 5.41) is 9.57. The lowest BCUT2D eigenvalue weighted by atomic mass is 10.0. The van der Waals surface area contributed by atoms with Gasteiger partial charge in [0.2, 0.25) is 5.91 Å². The fourth-order valence-corrected chi connectivity index (χ4v) is 4.03. The average molecular weight is 395 g/mol. The first kappa shape index (κ1) is 21.0. The highest BCUT2D eigenvalue weighted by Gasteiger charge is 2.31. The van der Waals surface area contributed by atoms with Gasteiger partial charge in [0.25, 0.3) is 0 Å². The number of rotatable bonds is 8. The van der Waals surface area contributed by atoms with Gasteiger partial charge in [0, 0.05) is 13.0 Å². The first-order valence-corrected chi connectivity index (χ1v) is 10.5. The van der Waals surface area contributed by atoms with E-state index in [0.717, 1.165) is 37.9 Å². The van der Waals surface area contributed by atoms with Gasteiger partial charge in [0.05, 0.1) is 23.0 Å². The van der Waals surface area contributed by atoms with Crippen molar-refractivity contribution in [3.63, 3.8) is 0 Å². The number of carboxylic acids is 1. The molecule has 1 amide bonds. The molecule has 1 aliphatic rings. The van der Waals surface area contributed by atoms with Crippen LogP contribution in [0.4, 0.5) is 0 Å². The van der Waals surface area contributed by atoms with E-state index in [2.05, 4.69) is 12.1 Å². The maximum Gasteiger partial charge on any atom is 0.337 e. The van der Waals surface area contributed by atoms with Crippen LogP contribution in [-0.4, -0.2) is 33.4 Å². The number of aromatic nitrogens is 1. The summed E-state index contributed by atoms with van der Waals surface area (Å²) in [6.07, 6.45) is 4.70. The molecule has 1 saturated heterocycles. The smallest absolute Gasteiger partial charge is 0.337 e. The Hall–Kier alpha value is -2.69. The SMILES string of the molecule is CC(C)CC(=O)N1CCC[C@H]1c1ccc(C(=O)O)c(CCCc2ccccc2)n1. The van der Waals surface area contributed by atoms with Crippen molar-refractivity contribution in [2.24, 2.45) is 5.92 Å². The van der Waals surface area contributed by atoms with Crippen LogP contribution in [0.1, 0.15) is 72.9 Å². The number of pyridine rings is 1. The standard InChI is InChI=1S/C24H30N2O3/c1-17(2)16-23(27)26-15-7-12-22(26)21-14-13-19(24(28)29)20(25-21)11-6-10-18-8-4-3-5-9-18/h3-5,8-9,13-14,17,22H,6-7,10-12,15-16H2,1-2H3,(H,28,29)/t22-/m0/s1. The largest absolute Gasteiger partial charge is 0.478 e. The van der Waals surface area contributed by atoms with Crippen LogP contribution in [0.3, 0.4) is 0 Å². The second-order valence-electron chi connectivity index (χ2n) is 8.22. The summed E-state index contributed by atoms with van der Waals surface area (Å²) in [6, 6.07) is 13.6. The minimum absolute atomic E-state index is 0.0445. The van der Waals surface area contributed by atoms with Crippen molar-refractivity contribution in [2.45, 2.75) is 58.4 Å². The topological polar surface area (TPSA) is 70.5 Å². The zero-order valence-electron chi connectivity index (χ0n) is 17.3. The molecule has 2 heterocycles. The van der Waals surface area contributed by atoms with Crippen LogP contribution in [0.25, 0.3) is 0 Å². The normalized spacial score (nSPS) is 16.4. The molecule has 0 saturated carbocycles. The second-order valence-corrected chi connectivity index (χ2v) is 8.22. The highest BCUT2D eigenvalue weighted by atomic mass is 16.4. The van der Waals surface area contributed by atoms with Crippen molar-refractivity contribution >= 4 is 11.9 Å². The Morgan fingerprint density at radius 3 is 2.59 bits per heavy atom. The molecule has 0 radical (unpaired) electrons. The van der Waals surface area contributed by atoms with Gasteiger partial charge in [0.1, 0.15) is 0 Å². The van der Waals surface area contributed by atoms with E-state index in [0.29, 0.717) is 24.5 Å². The lowest BCUT2D eigenvalue weighted by Crippen LogP contribution is -2.32. The van der Waals surface area contributed by atoms with Crippen molar-refractivity contribution in [3.8, 4) is 0 Å². The zero-order chi connectivity index (χ0) is 20.8. The summed E-state index contributed by atoms with van der Waals surface area (Å²) < 4.78 is 0. The van der Waals surface area contributed by atoms with Crippen LogP contribution >= 0.6 is 0 Å². The summed E-state index contributed by atoms with van der Waals surface area (Å²) in [6.45, 7) is 4.85. The number of amides is 1. The summed E-state index contributed by atoms with van der Waals surface area (Å²) in [5.41, 5.74) is 2.94. The molecule has 3 rings (SSSR count). The molecule has 1 atom stereocenters. The number of carboxylic acid groups (broad SMARTS) is 1. The van der Waals surface area contributed by atoms with E-state index < -0.39 is 5.97 Å². The van der Waals surface area contributed by atoms with Gasteiger partial charge in [-0.1, -0.05) is 44.2 Å². The van der Waals surface area contributed by atoms with E-state index in [9.17, 15) is 14.7 Å². The third kappa shape index (κ3) is 5.43. The summed E-state index contributed by atoms with van der Waals surface area (Å²) in [7, 11) is 0. The van der Waals surface area contributed by atoms with E-state index >= 15 is 0 Å². The number of aromatic carboxylic acids is 1. The Kier molecular flexibility index (Phi) is 7.02. The fourth-order valence-electron chi connectivity index (χ4n) is 4.03. The third-order valence-corrected chi connectivity index (χ3v) is 5.45. The molecule has 0 bridgehead atoms. The molecular formula is C24H30N2O3. The molecule has 1 aromatic carbocycles. The number of nitrogens with zero attached hydrogens (tertiary/aromatic N) is 2. The Bertz CT molecular complexity index is 848. The number of hydrogen-bond acceptors (Lipinski definition) is 3. The predicted octanol–water partition coefficient (Wildman–Crippen LogP) is 4.66. The lowest BCUT2D eigenvalue weighted by molar-refractivity contribution is -0.133. The van der Waals surface area contributed by atoms with Crippen LogP contribution < -0.4 is 0 Å². The molecule has 0 spiro atoms. The molecule has 1 aromatic heterocycles. The first-order chi connectivity index (χ1) is 14.0. The lowest BCUT2D eigenvalue weighted by Gasteiger charge is -2.25. The molecule has 2 aromatic rings. The Morgan fingerprint density at radius 1 is 1.14 bits per heavy atom. The van der Waals surface area contributed by atoms with E-state index in [1.165, 1.54) is 5.56 Å². The van der Waals surface area contributed by atoms with Gasteiger partial charge in [-0.05, 0) is 55.7 Å². The highest BCUT2D eigenvalue weighted by Crippen LogP contribution is 2.32. The van der Waals surface area contributed by atoms with Gasteiger partial charge in [-0.25, -0.2) is 4.79 Å². The number of likely N-dealkylation sites (tertiary alicyclic amines) is 1. The van der Waals surface area contributed by atoms with Gasteiger partial charge in [0.15, 0.2) is 0 Å². The number of aryl methyl sites for hydroxylation is 2. The minimum Gasteiger partial charge on any atom is -0.478 e. The van der Waals surface area contributed by atoms with Gasteiger partial charge >= 0.3 is 5.97 Å². The highest BCUT2D eigenvalue weighted by molar-refractivity contribution is 5.88. The predicted molar refractivity (Wildman–Crippen MR) is 113 cm³/mol. The fraction of sp³-hybridized carbons (Fsp3) is 0.458. The van der Waals surface area contributed by atoms with E-state index in [1.54, 1.807) is 12.1 Å². The first-order valence-electron chi connectivity index (χ1n) is 10.5. The maximum absolute atomic E-state index is 12.6. The molecule has 5 nitrogen and oxygen atoms in total. The van der Waals surface area contributed by atoms with Crippen LogP contribution in [0.5, 0.6) is 0 Å². The number of carbonyl (C=O) groups excluding carboxylic acids is 1. The van der Waals surface area contributed by atoms with Crippen LogP contribution in [-0.2, 0) is 17.6 Å². The molecule has 5 heteroatoms. The quantitative estimate of drug-likeness (QED) is 0.707. The van der Waals surface area contributed by atoms with Crippen molar-refractivity contribution < 1.29 is 14.7 Å². The van der Waals surface area contributed by atoms with Crippen LogP contribution in [0, 0.1) is 5.92 Å². The molecular weight excluding hydrogens is 364 g/mol. The van der Waals surface area contributed by atoms with Crippen LogP contribution in [0.15, 0.2) is 42.5 Å². The number of benzene rings is 1. The molecule has 1 aliphatic heterocycles. The van der Waals surface area contributed by atoms with Gasteiger partial charge < -0.3 is 10.0 Å². The van der Waals surface area contributed by atoms with E-state index in [4.69, 9.17) is 4.98 Å². The third-order valence-electron chi connectivity index (χ3n) is 5.45. The van der Waals surface area contributed by atoms with Crippen molar-refractivity contribution in [1.29, 1.82) is 0 Å². The maximum atomic E-state index is 12.6. The minimum atomic E-state index is -0.946. The molecule has 29 heavy (non-hydrogen) atoms. The van der Waals surface area contributed by atoms with Gasteiger partial charge in [-0.2, -0.15) is 0 Å². The van der Waals surface area contributed by atoms with Gasteiger partial charge in [-0.3, -0.25) is 9.78 Å². The molecule has 0 aliphatic carbocycles. The molecule has 0 unspecified atom stereocenters. The summed E-state index contributed by atoms with van der Waals surface area (Å²) in [4.78, 5) is 31.0. The number of hydrogen-bond donors (Lipinski definition) is 1. The Balaban J connectivity index is 1.76. The van der Waals surface area contributed by atoms with E-state index in [-0.39, 0.29) is 17.5 Å². The summed E-state index contributed by atoms with van der Waals surface area (Å²) >= 11 is 0. The second kappa shape index (κ2) is 9.68. The zero-order valence-corrected chi connectivity index (χ0v) is 17.3. The Labute approximate surface area is 172 Å².